The molecule has 0 saturated carbocycles. The van der Waals surface area contributed by atoms with Crippen molar-refractivity contribution in [3.63, 3.8) is 0 Å². The maximum absolute atomic E-state index is 9.28. The average molecular weight is 222 g/mol. The molecule has 0 radical (unpaired) electrons. The molecule has 0 unspecified atom stereocenters. The zero-order valence-electron chi connectivity index (χ0n) is 9.04. The number of fused-ring (bicyclic) bond motifs is 1. The highest BCUT2D eigenvalue weighted by Crippen LogP contribution is 2.26. The summed E-state index contributed by atoms with van der Waals surface area (Å²) >= 11 is 0. The second-order valence-electron chi connectivity index (χ2n) is 3.78. The Hall–Kier alpha value is -2.42. The molecule has 1 N–H and O–H groups in total. The second kappa shape index (κ2) is 3.87. The molecule has 0 aliphatic heterocycles. The van der Waals surface area contributed by atoms with Crippen molar-refractivity contribution >= 4 is 10.9 Å². The summed E-state index contributed by atoms with van der Waals surface area (Å²) in [5, 5.41) is 10.3. The highest BCUT2D eigenvalue weighted by molar-refractivity contribution is 5.91. The average Bonchev–Trinajstić information content (AvgIpc) is 2.39. The maximum atomic E-state index is 9.28. The number of benzene rings is 1. The van der Waals surface area contributed by atoms with Crippen LogP contribution < -0.4 is 0 Å². The predicted octanol–water partition coefficient (Wildman–Crippen LogP) is 3.00. The summed E-state index contributed by atoms with van der Waals surface area (Å²) in [5.41, 5.74) is 2.78. The van der Waals surface area contributed by atoms with Crippen molar-refractivity contribution in [3.05, 3.63) is 54.9 Å². The lowest BCUT2D eigenvalue weighted by molar-refractivity contribution is 0.475. The Morgan fingerprint density at radius 3 is 2.47 bits per heavy atom. The summed E-state index contributed by atoms with van der Waals surface area (Å²) < 4.78 is 0. The standard InChI is InChI=1S/C14H10N2O/c17-11-5-3-10(4-6-11)14-12-2-1-8-15-13(12)7-9-16-14/h1-9,17H. The Balaban J connectivity index is 2.27. The van der Waals surface area contributed by atoms with Crippen molar-refractivity contribution in [1.82, 2.24) is 9.97 Å². The number of hydrogen-bond donors (Lipinski definition) is 1. The van der Waals surface area contributed by atoms with E-state index in [-0.39, 0.29) is 5.75 Å². The molecular formula is C14H10N2O. The number of nitrogens with zero attached hydrogens (tertiary/aromatic N) is 2. The summed E-state index contributed by atoms with van der Waals surface area (Å²) in [7, 11) is 0. The Morgan fingerprint density at radius 2 is 1.65 bits per heavy atom. The van der Waals surface area contributed by atoms with Gasteiger partial charge in [-0.1, -0.05) is 0 Å². The van der Waals surface area contributed by atoms with Crippen molar-refractivity contribution in [3.8, 4) is 17.0 Å². The zero-order chi connectivity index (χ0) is 11.7. The van der Waals surface area contributed by atoms with Crippen LogP contribution in [-0.4, -0.2) is 15.1 Å². The number of aromatic nitrogens is 2. The third-order valence-corrected chi connectivity index (χ3v) is 2.67. The van der Waals surface area contributed by atoms with Crippen LogP contribution in [0.25, 0.3) is 22.2 Å². The number of phenols is 1. The number of hydrogen-bond acceptors (Lipinski definition) is 3. The summed E-state index contributed by atoms with van der Waals surface area (Å²) in [6.07, 6.45) is 3.51. The number of pyridine rings is 2. The van der Waals surface area contributed by atoms with Gasteiger partial charge in [-0.25, -0.2) is 0 Å². The lowest BCUT2D eigenvalue weighted by Gasteiger charge is -2.04. The van der Waals surface area contributed by atoms with Gasteiger partial charge in [-0.05, 0) is 42.5 Å². The minimum Gasteiger partial charge on any atom is -0.508 e. The fraction of sp³-hybridized carbons (Fsp3) is 0. The SMILES string of the molecule is Oc1ccc(-c2nccc3ncccc23)cc1. The third kappa shape index (κ3) is 1.72. The normalized spacial score (nSPS) is 10.6. The molecule has 0 aliphatic rings. The van der Waals surface area contributed by atoms with E-state index in [1.165, 1.54) is 0 Å². The van der Waals surface area contributed by atoms with Crippen LogP contribution in [0.4, 0.5) is 0 Å². The molecule has 3 heteroatoms. The molecule has 0 bridgehead atoms. The van der Waals surface area contributed by atoms with Crippen LogP contribution in [0, 0.1) is 0 Å². The first-order valence-electron chi connectivity index (χ1n) is 5.34. The molecule has 2 aromatic heterocycles. The monoisotopic (exact) mass is 222 g/mol. The van der Waals surface area contributed by atoms with Gasteiger partial charge in [-0.2, -0.15) is 0 Å². The van der Waals surface area contributed by atoms with Crippen molar-refractivity contribution in [1.29, 1.82) is 0 Å². The van der Waals surface area contributed by atoms with Gasteiger partial charge in [-0.3, -0.25) is 9.97 Å². The first-order valence-corrected chi connectivity index (χ1v) is 5.34. The summed E-state index contributed by atoms with van der Waals surface area (Å²) in [5.74, 6) is 0.257. The van der Waals surface area contributed by atoms with Gasteiger partial charge in [0.2, 0.25) is 0 Å². The molecule has 2 heterocycles. The van der Waals surface area contributed by atoms with Gasteiger partial charge in [0.1, 0.15) is 5.75 Å². The predicted molar refractivity (Wildman–Crippen MR) is 66.6 cm³/mol. The minimum atomic E-state index is 0.257. The van der Waals surface area contributed by atoms with E-state index in [4.69, 9.17) is 0 Å². The molecule has 82 valence electrons. The quantitative estimate of drug-likeness (QED) is 0.688. The van der Waals surface area contributed by atoms with Gasteiger partial charge in [0.05, 0.1) is 11.2 Å². The highest BCUT2D eigenvalue weighted by Gasteiger charge is 2.05. The molecule has 0 amide bonds. The second-order valence-corrected chi connectivity index (χ2v) is 3.78. The van der Waals surface area contributed by atoms with Gasteiger partial charge in [-0.15, -0.1) is 0 Å². The Labute approximate surface area is 98.4 Å². The van der Waals surface area contributed by atoms with Crippen LogP contribution in [0.15, 0.2) is 54.9 Å². The van der Waals surface area contributed by atoms with Crippen LogP contribution in [0.5, 0.6) is 5.75 Å². The van der Waals surface area contributed by atoms with E-state index in [0.29, 0.717) is 0 Å². The molecular weight excluding hydrogens is 212 g/mol. The van der Waals surface area contributed by atoms with Crippen molar-refractivity contribution < 1.29 is 5.11 Å². The topological polar surface area (TPSA) is 46.0 Å². The Bertz CT molecular complexity index is 657. The summed E-state index contributed by atoms with van der Waals surface area (Å²) in [6.45, 7) is 0. The van der Waals surface area contributed by atoms with Gasteiger partial charge in [0.15, 0.2) is 0 Å². The van der Waals surface area contributed by atoms with Gasteiger partial charge < -0.3 is 5.11 Å². The van der Waals surface area contributed by atoms with Crippen LogP contribution in [0.3, 0.4) is 0 Å². The fourth-order valence-electron chi connectivity index (χ4n) is 1.85. The summed E-state index contributed by atoms with van der Waals surface area (Å²) in [4.78, 5) is 8.68. The van der Waals surface area contributed by atoms with Crippen LogP contribution in [0.1, 0.15) is 0 Å². The van der Waals surface area contributed by atoms with Crippen molar-refractivity contribution in [2.45, 2.75) is 0 Å². The largest absolute Gasteiger partial charge is 0.508 e. The van der Waals surface area contributed by atoms with Gasteiger partial charge in [0.25, 0.3) is 0 Å². The van der Waals surface area contributed by atoms with E-state index < -0.39 is 0 Å². The van der Waals surface area contributed by atoms with E-state index in [2.05, 4.69) is 9.97 Å². The zero-order valence-corrected chi connectivity index (χ0v) is 9.04. The first kappa shape index (κ1) is 9.78. The number of aromatic hydroxyl groups is 1. The summed E-state index contributed by atoms with van der Waals surface area (Å²) in [6, 6.07) is 12.8. The fourth-order valence-corrected chi connectivity index (χ4v) is 1.85. The van der Waals surface area contributed by atoms with Crippen LogP contribution in [-0.2, 0) is 0 Å². The Morgan fingerprint density at radius 1 is 0.824 bits per heavy atom. The molecule has 3 rings (SSSR count). The number of phenolic OH excluding ortho intramolecular Hbond substituents is 1. The van der Waals surface area contributed by atoms with Crippen molar-refractivity contribution in [2.75, 3.05) is 0 Å². The smallest absolute Gasteiger partial charge is 0.115 e. The third-order valence-electron chi connectivity index (χ3n) is 2.67. The molecule has 3 aromatic rings. The Kier molecular flexibility index (Phi) is 2.22. The lowest BCUT2D eigenvalue weighted by atomic mass is 10.1. The van der Waals surface area contributed by atoms with Crippen LogP contribution >= 0.6 is 0 Å². The van der Waals surface area contributed by atoms with E-state index in [9.17, 15) is 5.11 Å². The van der Waals surface area contributed by atoms with E-state index in [1.54, 1.807) is 24.5 Å². The molecule has 1 aromatic carbocycles. The molecule has 3 nitrogen and oxygen atoms in total. The van der Waals surface area contributed by atoms with Crippen molar-refractivity contribution in [2.24, 2.45) is 0 Å². The van der Waals surface area contributed by atoms with Gasteiger partial charge in [0, 0.05) is 23.3 Å². The van der Waals surface area contributed by atoms with E-state index in [0.717, 1.165) is 22.2 Å². The molecule has 17 heavy (non-hydrogen) atoms. The molecule has 0 fully saturated rings. The van der Waals surface area contributed by atoms with E-state index in [1.807, 2.05) is 30.3 Å². The first-order chi connectivity index (χ1) is 8.34. The van der Waals surface area contributed by atoms with E-state index >= 15 is 0 Å². The molecule has 0 spiro atoms. The van der Waals surface area contributed by atoms with Crippen LogP contribution in [0.2, 0.25) is 0 Å². The number of rotatable bonds is 1. The molecule has 0 atom stereocenters. The lowest BCUT2D eigenvalue weighted by Crippen LogP contribution is -1.86. The molecule has 0 saturated heterocycles. The minimum absolute atomic E-state index is 0.257. The van der Waals surface area contributed by atoms with Gasteiger partial charge >= 0.3 is 0 Å². The molecule has 0 aliphatic carbocycles. The maximum Gasteiger partial charge on any atom is 0.115 e. The highest BCUT2D eigenvalue weighted by atomic mass is 16.3.